The maximum Gasteiger partial charge on any atom is 0.315 e. The number of carboxylic acids is 1. The van der Waals surface area contributed by atoms with Crippen molar-refractivity contribution < 1.29 is 23.5 Å². The predicted octanol–water partition coefficient (Wildman–Crippen LogP) is 2.69. The molecule has 1 aromatic carbocycles. The van der Waals surface area contributed by atoms with Crippen LogP contribution in [-0.2, 0) is 15.0 Å². The van der Waals surface area contributed by atoms with Crippen LogP contribution < -0.4 is 0 Å². The standard InChI is InChI=1S/C12H10F2O3S/c13-11(14)18-9-3-1-2-7(4-9)12(10(16)17)5-8(15)6-12/h1-4,11H,5-6H2,(H,16,17). The molecule has 1 aliphatic carbocycles. The van der Waals surface area contributed by atoms with Gasteiger partial charge >= 0.3 is 5.97 Å². The van der Waals surface area contributed by atoms with Gasteiger partial charge in [-0.3, -0.25) is 9.59 Å². The van der Waals surface area contributed by atoms with Crippen molar-refractivity contribution in [3.05, 3.63) is 29.8 Å². The number of Topliss-reactive ketones (excluding diaryl/α,β-unsaturated/α-hetero) is 1. The molecular formula is C12H10F2O3S. The molecule has 1 saturated carbocycles. The van der Waals surface area contributed by atoms with Gasteiger partial charge in [-0.1, -0.05) is 23.9 Å². The maximum atomic E-state index is 12.3. The van der Waals surface area contributed by atoms with Crippen molar-refractivity contribution in [1.82, 2.24) is 0 Å². The molecule has 96 valence electrons. The molecule has 0 aliphatic heterocycles. The molecule has 1 aromatic rings. The number of carboxylic acid groups (broad SMARTS) is 1. The highest BCUT2D eigenvalue weighted by atomic mass is 32.2. The van der Waals surface area contributed by atoms with Gasteiger partial charge in [-0.05, 0) is 17.7 Å². The van der Waals surface area contributed by atoms with Crippen molar-refractivity contribution in [3.63, 3.8) is 0 Å². The summed E-state index contributed by atoms with van der Waals surface area (Å²) in [5, 5.41) is 9.22. The molecule has 1 N–H and O–H groups in total. The first-order chi connectivity index (χ1) is 8.44. The van der Waals surface area contributed by atoms with Crippen LogP contribution in [0.4, 0.5) is 8.78 Å². The largest absolute Gasteiger partial charge is 0.481 e. The summed E-state index contributed by atoms with van der Waals surface area (Å²) < 4.78 is 24.5. The van der Waals surface area contributed by atoms with Crippen molar-refractivity contribution in [1.29, 1.82) is 0 Å². The molecule has 1 aliphatic rings. The Bertz CT molecular complexity index is 494. The summed E-state index contributed by atoms with van der Waals surface area (Å²) in [6.07, 6.45) is -0.129. The van der Waals surface area contributed by atoms with Gasteiger partial charge < -0.3 is 5.11 Å². The van der Waals surface area contributed by atoms with E-state index in [-0.39, 0.29) is 18.6 Å². The second-order valence-corrected chi connectivity index (χ2v) is 5.25. The zero-order chi connectivity index (χ0) is 13.3. The second kappa shape index (κ2) is 4.68. The van der Waals surface area contributed by atoms with E-state index < -0.39 is 17.1 Å². The SMILES string of the molecule is O=C1CC(C(=O)O)(c2cccc(SC(F)F)c2)C1. The van der Waals surface area contributed by atoms with Crippen LogP contribution in [0.1, 0.15) is 18.4 Å². The third-order valence-electron chi connectivity index (χ3n) is 3.02. The van der Waals surface area contributed by atoms with Crippen molar-refractivity contribution in [2.24, 2.45) is 0 Å². The predicted molar refractivity (Wildman–Crippen MR) is 61.9 cm³/mol. The average molecular weight is 272 g/mol. The first-order valence-electron chi connectivity index (χ1n) is 5.24. The Morgan fingerprint density at radius 2 is 2.06 bits per heavy atom. The number of aliphatic carboxylic acids is 1. The fourth-order valence-corrected chi connectivity index (χ4v) is 2.63. The van der Waals surface area contributed by atoms with Crippen LogP contribution in [0.5, 0.6) is 0 Å². The summed E-state index contributed by atoms with van der Waals surface area (Å²) in [4.78, 5) is 22.7. The Labute approximate surface area is 106 Å². The van der Waals surface area contributed by atoms with Crippen molar-refractivity contribution in [3.8, 4) is 0 Å². The third-order valence-corrected chi connectivity index (χ3v) is 3.72. The van der Waals surface area contributed by atoms with Gasteiger partial charge in [-0.15, -0.1) is 0 Å². The van der Waals surface area contributed by atoms with E-state index in [1.807, 2.05) is 0 Å². The first kappa shape index (κ1) is 13.0. The van der Waals surface area contributed by atoms with Gasteiger partial charge in [0.2, 0.25) is 0 Å². The zero-order valence-corrected chi connectivity index (χ0v) is 10.0. The lowest BCUT2D eigenvalue weighted by Crippen LogP contribution is -2.48. The summed E-state index contributed by atoms with van der Waals surface area (Å²) in [6, 6.07) is 6.03. The lowest BCUT2D eigenvalue weighted by Gasteiger charge is -2.36. The molecule has 0 saturated heterocycles. The minimum atomic E-state index is -2.55. The molecule has 0 atom stereocenters. The summed E-state index contributed by atoms with van der Waals surface area (Å²) >= 11 is 0.365. The Morgan fingerprint density at radius 1 is 1.39 bits per heavy atom. The smallest absolute Gasteiger partial charge is 0.315 e. The number of hydrogen-bond donors (Lipinski definition) is 1. The Kier molecular flexibility index (Phi) is 3.38. The fourth-order valence-electron chi connectivity index (χ4n) is 2.07. The molecule has 0 bridgehead atoms. The molecule has 2 rings (SSSR count). The number of rotatable bonds is 4. The minimum Gasteiger partial charge on any atom is -0.481 e. The number of carbonyl (C=O) groups excluding carboxylic acids is 1. The van der Waals surface area contributed by atoms with E-state index in [1.54, 1.807) is 6.07 Å². The van der Waals surface area contributed by atoms with Gasteiger partial charge in [0.15, 0.2) is 0 Å². The quantitative estimate of drug-likeness (QED) is 0.856. The van der Waals surface area contributed by atoms with E-state index in [1.165, 1.54) is 18.2 Å². The van der Waals surface area contributed by atoms with Crippen molar-refractivity contribution >= 4 is 23.5 Å². The molecule has 1 fully saturated rings. The molecule has 0 unspecified atom stereocenters. The number of hydrogen-bond acceptors (Lipinski definition) is 3. The zero-order valence-electron chi connectivity index (χ0n) is 9.23. The van der Waals surface area contributed by atoms with E-state index in [2.05, 4.69) is 0 Å². The molecule has 0 spiro atoms. The van der Waals surface area contributed by atoms with Crippen LogP contribution in [0, 0.1) is 0 Å². The summed E-state index contributed by atoms with van der Waals surface area (Å²) in [5.74, 6) is -3.75. The number of halogens is 2. The monoisotopic (exact) mass is 272 g/mol. The molecule has 0 amide bonds. The lowest BCUT2D eigenvalue weighted by atomic mass is 9.64. The van der Waals surface area contributed by atoms with Crippen LogP contribution in [0.2, 0.25) is 0 Å². The van der Waals surface area contributed by atoms with E-state index in [4.69, 9.17) is 0 Å². The van der Waals surface area contributed by atoms with E-state index in [0.717, 1.165) is 0 Å². The highest BCUT2D eigenvalue weighted by Gasteiger charge is 2.51. The first-order valence-corrected chi connectivity index (χ1v) is 6.12. The van der Waals surface area contributed by atoms with E-state index in [0.29, 0.717) is 22.2 Å². The van der Waals surface area contributed by atoms with E-state index >= 15 is 0 Å². The van der Waals surface area contributed by atoms with Crippen LogP contribution in [0.3, 0.4) is 0 Å². The maximum absolute atomic E-state index is 12.3. The normalized spacial score (nSPS) is 17.6. The van der Waals surface area contributed by atoms with Gasteiger partial charge in [0, 0.05) is 17.7 Å². The third kappa shape index (κ3) is 2.25. The number of alkyl halides is 2. The summed E-state index contributed by atoms with van der Waals surface area (Å²) in [6.45, 7) is 0. The molecule has 0 aromatic heterocycles. The highest BCUT2D eigenvalue weighted by molar-refractivity contribution is 7.99. The Balaban J connectivity index is 2.32. The van der Waals surface area contributed by atoms with Gasteiger partial charge in [0.05, 0.1) is 0 Å². The molecule has 6 heteroatoms. The number of benzene rings is 1. The highest BCUT2D eigenvalue weighted by Crippen LogP contribution is 2.42. The second-order valence-electron chi connectivity index (χ2n) is 4.19. The number of carbonyl (C=O) groups is 2. The molecule has 0 radical (unpaired) electrons. The topological polar surface area (TPSA) is 54.4 Å². The van der Waals surface area contributed by atoms with Crippen LogP contribution in [-0.4, -0.2) is 22.6 Å². The molecule has 3 nitrogen and oxygen atoms in total. The van der Waals surface area contributed by atoms with Crippen LogP contribution in [0.15, 0.2) is 29.2 Å². The Hall–Kier alpha value is -1.43. The fraction of sp³-hybridized carbons (Fsp3) is 0.333. The Morgan fingerprint density at radius 3 is 2.56 bits per heavy atom. The molecule has 18 heavy (non-hydrogen) atoms. The van der Waals surface area contributed by atoms with Crippen LogP contribution >= 0.6 is 11.8 Å². The van der Waals surface area contributed by atoms with Gasteiger partial charge in [-0.25, -0.2) is 0 Å². The average Bonchev–Trinajstić information content (AvgIpc) is 2.23. The molecule has 0 heterocycles. The number of thioether (sulfide) groups is 1. The van der Waals surface area contributed by atoms with Crippen molar-refractivity contribution in [2.75, 3.05) is 0 Å². The summed E-state index contributed by atoms with van der Waals surface area (Å²) in [7, 11) is 0. The molecular weight excluding hydrogens is 262 g/mol. The van der Waals surface area contributed by atoms with Gasteiger partial charge in [-0.2, -0.15) is 8.78 Å². The van der Waals surface area contributed by atoms with Gasteiger partial charge in [0.1, 0.15) is 11.2 Å². The van der Waals surface area contributed by atoms with Crippen LogP contribution in [0.25, 0.3) is 0 Å². The number of ketones is 1. The van der Waals surface area contributed by atoms with E-state index in [9.17, 15) is 23.5 Å². The van der Waals surface area contributed by atoms with Crippen molar-refractivity contribution in [2.45, 2.75) is 28.9 Å². The lowest BCUT2D eigenvalue weighted by molar-refractivity contribution is -0.153. The summed E-state index contributed by atoms with van der Waals surface area (Å²) in [5.41, 5.74) is -0.810. The minimum absolute atomic E-state index is 0.0644. The van der Waals surface area contributed by atoms with Gasteiger partial charge in [0.25, 0.3) is 5.76 Å².